The Morgan fingerprint density at radius 3 is 2.27 bits per heavy atom. The van der Waals surface area contributed by atoms with Gasteiger partial charge < -0.3 is 15.4 Å². The summed E-state index contributed by atoms with van der Waals surface area (Å²) in [6, 6.07) is 23.7. The fraction of sp³-hybridized carbons (Fsp3) is 0.0714. The van der Waals surface area contributed by atoms with Crippen LogP contribution in [-0.2, 0) is 4.79 Å². The summed E-state index contributed by atoms with van der Waals surface area (Å²) in [5.41, 5.74) is 2.01. The lowest BCUT2D eigenvalue weighted by atomic mass is 9.90. The van der Waals surface area contributed by atoms with E-state index in [0.717, 1.165) is 0 Å². The van der Waals surface area contributed by atoms with E-state index < -0.39 is 17.6 Å². The van der Waals surface area contributed by atoms with Crippen molar-refractivity contribution in [2.24, 2.45) is 0 Å². The van der Waals surface area contributed by atoms with E-state index in [-0.39, 0.29) is 16.6 Å². The second-order valence-corrected chi connectivity index (χ2v) is 8.64. The minimum atomic E-state index is -0.811. The Bertz CT molecular complexity index is 1580. The second kappa shape index (κ2) is 10.1. The number of hydrogen-bond acceptors (Lipinski definition) is 5. The molecule has 1 aromatic heterocycles. The Labute approximate surface area is 217 Å². The van der Waals surface area contributed by atoms with Crippen LogP contribution < -0.4 is 20.9 Å². The number of para-hydroxylation sites is 2. The molecule has 0 spiro atoms. The van der Waals surface area contributed by atoms with Crippen LogP contribution in [0.25, 0.3) is 11.4 Å². The van der Waals surface area contributed by atoms with Gasteiger partial charge in [-0.05, 0) is 30.7 Å². The van der Waals surface area contributed by atoms with Crippen molar-refractivity contribution < 1.29 is 14.3 Å². The zero-order valence-electron chi connectivity index (χ0n) is 19.6. The van der Waals surface area contributed by atoms with Crippen molar-refractivity contribution in [2.75, 3.05) is 0 Å². The summed E-state index contributed by atoms with van der Waals surface area (Å²) in [5, 5.41) is 9.64. The van der Waals surface area contributed by atoms with Gasteiger partial charge in [-0.3, -0.25) is 9.59 Å². The van der Waals surface area contributed by atoms with Gasteiger partial charge in [-0.15, -0.1) is 0 Å². The molecule has 5 rings (SSSR count). The van der Waals surface area contributed by atoms with Gasteiger partial charge in [-0.1, -0.05) is 78.3 Å². The fourth-order valence-electron chi connectivity index (χ4n) is 4.18. The molecule has 0 fully saturated rings. The molecule has 2 N–H and O–H groups in total. The third kappa shape index (κ3) is 4.74. The lowest BCUT2D eigenvalue weighted by Crippen LogP contribution is -2.44. The van der Waals surface area contributed by atoms with E-state index in [1.807, 2.05) is 36.4 Å². The molecule has 1 aliphatic rings. The van der Waals surface area contributed by atoms with Crippen molar-refractivity contribution >= 4 is 29.1 Å². The molecule has 2 amide bonds. The van der Waals surface area contributed by atoms with Crippen LogP contribution in [0.3, 0.4) is 0 Å². The van der Waals surface area contributed by atoms with Crippen LogP contribution in [0.2, 0.25) is 5.02 Å². The first-order valence-electron chi connectivity index (χ1n) is 11.4. The predicted molar refractivity (Wildman–Crippen MR) is 140 cm³/mol. The molecule has 2 heterocycles. The maximum Gasteiger partial charge on any atom is 0.320 e. The molecular formula is C28H21ClN4O4. The summed E-state index contributed by atoms with van der Waals surface area (Å²) < 4.78 is 7.23. The van der Waals surface area contributed by atoms with E-state index in [4.69, 9.17) is 16.3 Å². The van der Waals surface area contributed by atoms with Crippen molar-refractivity contribution in [3.63, 3.8) is 0 Å². The molecule has 0 saturated heterocycles. The molecule has 0 unspecified atom stereocenters. The number of amides is 2. The number of hydrogen-bond donors (Lipinski definition) is 2. The molecule has 1 atom stereocenters. The van der Waals surface area contributed by atoms with Crippen molar-refractivity contribution in [3.8, 4) is 17.2 Å². The summed E-state index contributed by atoms with van der Waals surface area (Å²) in [6.07, 6.45) is 1.35. The van der Waals surface area contributed by atoms with Gasteiger partial charge in [-0.2, -0.15) is 9.78 Å². The molecule has 8 nitrogen and oxygen atoms in total. The highest BCUT2D eigenvalue weighted by Gasteiger charge is 2.33. The Hall–Kier alpha value is -4.69. The highest BCUT2D eigenvalue weighted by molar-refractivity contribution is 6.31. The zero-order chi connectivity index (χ0) is 25.9. The van der Waals surface area contributed by atoms with Crippen LogP contribution in [0.5, 0.6) is 11.5 Å². The van der Waals surface area contributed by atoms with Crippen molar-refractivity contribution in [1.82, 2.24) is 20.4 Å². The molecule has 37 heavy (non-hydrogen) atoms. The fourth-order valence-corrected chi connectivity index (χ4v) is 4.35. The van der Waals surface area contributed by atoms with E-state index in [1.165, 1.54) is 17.8 Å². The van der Waals surface area contributed by atoms with E-state index in [0.29, 0.717) is 33.8 Å². The van der Waals surface area contributed by atoms with Crippen LogP contribution >= 0.6 is 11.6 Å². The monoisotopic (exact) mass is 512 g/mol. The van der Waals surface area contributed by atoms with E-state index in [1.54, 1.807) is 48.5 Å². The maximum absolute atomic E-state index is 12.9. The summed E-state index contributed by atoms with van der Waals surface area (Å²) in [5.74, 6) is 0.126. The topological polar surface area (TPSA) is 102 Å². The number of Topliss-reactive ketones (excluding diaryl/α,β-unsaturated/α-hetero) is 1. The summed E-state index contributed by atoms with van der Waals surface area (Å²) >= 11 is 6.40. The normalized spacial score (nSPS) is 15.1. The number of rotatable bonds is 6. The Kier molecular flexibility index (Phi) is 6.57. The standard InChI is InChI=1S/C28H21ClN4O4/c1-17(34)23-25(18-10-4-2-5-11-18)31-28(36)32-26(23)20-14-8-9-15-21(20)37-22-16-30-33(27(35)24(22)29)19-12-6-3-7-13-19/h2-16,26H,1H3,(H2,31,32,36)/t26-/m0/s1. The molecule has 1 aliphatic heterocycles. The number of halogens is 1. The number of carbonyl (C=O) groups excluding carboxylic acids is 2. The third-order valence-corrected chi connectivity index (χ3v) is 6.20. The smallest absolute Gasteiger partial charge is 0.320 e. The Morgan fingerprint density at radius 2 is 1.57 bits per heavy atom. The molecule has 9 heteroatoms. The van der Waals surface area contributed by atoms with Crippen molar-refractivity contribution in [3.05, 3.63) is 123 Å². The molecule has 0 radical (unpaired) electrons. The molecule has 0 aliphatic carbocycles. The lowest BCUT2D eigenvalue weighted by molar-refractivity contribution is -0.113. The van der Waals surface area contributed by atoms with Gasteiger partial charge in [0.2, 0.25) is 0 Å². The number of nitrogens with zero attached hydrogens (tertiary/aromatic N) is 2. The quantitative estimate of drug-likeness (QED) is 0.377. The molecule has 0 saturated carbocycles. The molecular weight excluding hydrogens is 492 g/mol. The van der Waals surface area contributed by atoms with E-state index >= 15 is 0 Å². The van der Waals surface area contributed by atoms with Crippen LogP contribution in [0.15, 0.2) is 101 Å². The SMILES string of the molecule is CC(=O)C1=C(c2ccccc2)NC(=O)N[C@H]1c1ccccc1Oc1cnn(-c2ccccc2)c(=O)c1Cl. The van der Waals surface area contributed by atoms with Gasteiger partial charge in [0.25, 0.3) is 5.56 Å². The highest BCUT2D eigenvalue weighted by atomic mass is 35.5. The first-order valence-corrected chi connectivity index (χ1v) is 11.8. The summed E-state index contributed by atoms with van der Waals surface area (Å²) in [7, 11) is 0. The van der Waals surface area contributed by atoms with Crippen LogP contribution in [0.4, 0.5) is 4.79 Å². The molecule has 184 valence electrons. The summed E-state index contributed by atoms with van der Waals surface area (Å²) in [4.78, 5) is 38.4. The van der Waals surface area contributed by atoms with Gasteiger partial charge >= 0.3 is 6.03 Å². The van der Waals surface area contributed by atoms with Crippen LogP contribution in [-0.4, -0.2) is 21.6 Å². The zero-order valence-corrected chi connectivity index (χ0v) is 20.4. The average Bonchev–Trinajstić information content (AvgIpc) is 2.92. The number of carbonyl (C=O) groups is 2. The number of nitrogens with one attached hydrogen (secondary N) is 2. The number of urea groups is 1. The van der Waals surface area contributed by atoms with Crippen molar-refractivity contribution in [1.29, 1.82) is 0 Å². The maximum atomic E-state index is 12.9. The molecule has 0 bridgehead atoms. The van der Waals surface area contributed by atoms with E-state index in [2.05, 4.69) is 15.7 Å². The van der Waals surface area contributed by atoms with Gasteiger partial charge in [0.1, 0.15) is 5.75 Å². The number of ketones is 1. The van der Waals surface area contributed by atoms with Gasteiger partial charge in [-0.25, -0.2) is 4.79 Å². The van der Waals surface area contributed by atoms with Crippen molar-refractivity contribution in [2.45, 2.75) is 13.0 Å². The minimum Gasteiger partial charge on any atom is -0.453 e. The Morgan fingerprint density at radius 1 is 0.919 bits per heavy atom. The number of aromatic nitrogens is 2. The minimum absolute atomic E-state index is 0.0446. The van der Waals surface area contributed by atoms with Gasteiger partial charge in [0.05, 0.1) is 23.6 Å². The van der Waals surface area contributed by atoms with Crippen LogP contribution in [0.1, 0.15) is 24.1 Å². The third-order valence-electron chi connectivity index (χ3n) is 5.85. The largest absolute Gasteiger partial charge is 0.453 e. The number of ether oxygens (including phenoxy) is 1. The number of benzene rings is 3. The Balaban J connectivity index is 1.57. The van der Waals surface area contributed by atoms with E-state index in [9.17, 15) is 14.4 Å². The first-order chi connectivity index (χ1) is 17.9. The lowest BCUT2D eigenvalue weighted by Gasteiger charge is -2.30. The molecule has 4 aromatic rings. The van der Waals surface area contributed by atoms with Gasteiger partial charge in [0, 0.05) is 11.1 Å². The first kappa shape index (κ1) is 24.0. The molecule has 3 aromatic carbocycles. The van der Waals surface area contributed by atoms with Crippen LogP contribution in [0, 0.1) is 0 Å². The second-order valence-electron chi connectivity index (χ2n) is 8.26. The average molecular weight is 513 g/mol. The predicted octanol–water partition coefficient (Wildman–Crippen LogP) is 5.03. The van der Waals surface area contributed by atoms with Gasteiger partial charge in [0.15, 0.2) is 16.6 Å². The highest BCUT2D eigenvalue weighted by Crippen LogP contribution is 2.38. The summed E-state index contributed by atoms with van der Waals surface area (Å²) in [6.45, 7) is 1.44.